The largest absolute Gasteiger partial charge is 0.378 e. The van der Waals surface area contributed by atoms with Gasteiger partial charge in [-0.15, -0.1) is 0 Å². The maximum atomic E-state index is 11.9. The van der Waals surface area contributed by atoms with E-state index in [-0.39, 0.29) is 11.6 Å². The molecule has 1 N–H and O–H groups in total. The van der Waals surface area contributed by atoms with Crippen LogP contribution in [0.4, 0.5) is 0 Å². The number of rotatable bonds is 3. The van der Waals surface area contributed by atoms with E-state index in [2.05, 4.69) is 5.32 Å². The SMILES string of the molecule is N#C/C(=C\N1CCOCC1)NC(=O)c1ccccc1. The molecule has 0 aliphatic carbocycles. The topological polar surface area (TPSA) is 65.4 Å². The summed E-state index contributed by atoms with van der Waals surface area (Å²) in [6.07, 6.45) is 1.67. The number of carbonyl (C=O) groups is 1. The molecule has 0 unspecified atom stereocenters. The Kier molecular flexibility index (Phi) is 4.54. The van der Waals surface area contributed by atoms with Crippen LogP contribution in [0.5, 0.6) is 0 Å². The zero-order valence-corrected chi connectivity index (χ0v) is 10.5. The Morgan fingerprint density at radius 1 is 1.32 bits per heavy atom. The van der Waals surface area contributed by atoms with E-state index in [1.54, 1.807) is 30.5 Å². The second-order valence-electron chi connectivity index (χ2n) is 4.12. The van der Waals surface area contributed by atoms with Crippen LogP contribution >= 0.6 is 0 Å². The summed E-state index contributed by atoms with van der Waals surface area (Å²) >= 11 is 0. The number of amides is 1. The van der Waals surface area contributed by atoms with E-state index in [0.29, 0.717) is 18.8 Å². The van der Waals surface area contributed by atoms with Gasteiger partial charge in [0.2, 0.25) is 0 Å². The minimum Gasteiger partial charge on any atom is -0.378 e. The number of morpholine rings is 1. The number of allylic oxidation sites excluding steroid dienone is 1. The highest BCUT2D eigenvalue weighted by Gasteiger charge is 2.10. The van der Waals surface area contributed by atoms with E-state index in [1.807, 2.05) is 17.0 Å². The predicted molar refractivity (Wildman–Crippen MR) is 70.0 cm³/mol. The Balaban J connectivity index is 2.01. The van der Waals surface area contributed by atoms with Crippen LogP contribution < -0.4 is 5.32 Å². The van der Waals surface area contributed by atoms with Gasteiger partial charge < -0.3 is 15.0 Å². The highest BCUT2D eigenvalue weighted by atomic mass is 16.5. The highest BCUT2D eigenvalue weighted by molar-refractivity contribution is 5.95. The average molecular weight is 257 g/mol. The smallest absolute Gasteiger partial charge is 0.256 e. The third kappa shape index (κ3) is 3.83. The molecule has 1 fully saturated rings. The van der Waals surface area contributed by atoms with Crippen molar-refractivity contribution >= 4 is 5.91 Å². The van der Waals surface area contributed by atoms with Crippen LogP contribution in [-0.2, 0) is 4.74 Å². The van der Waals surface area contributed by atoms with Gasteiger partial charge in [0, 0.05) is 24.9 Å². The molecule has 0 bridgehead atoms. The molecule has 0 atom stereocenters. The molecule has 1 aliphatic rings. The summed E-state index contributed by atoms with van der Waals surface area (Å²) in [6.45, 7) is 2.74. The summed E-state index contributed by atoms with van der Waals surface area (Å²) in [5.74, 6) is -0.276. The molecule has 1 saturated heterocycles. The molecule has 1 aliphatic heterocycles. The van der Waals surface area contributed by atoms with Crippen molar-refractivity contribution in [2.24, 2.45) is 0 Å². The number of hydrogen-bond acceptors (Lipinski definition) is 4. The Labute approximate surface area is 112 Å². The molecule has 1 aromatic carbocycles. The highest BCUT2D eigenvalue weighted by Crippen LogP contribution is 2.03. The van der Waals surface area contributed by atoms with Crippen LogP contribution in [0.25, 0.3) is 0 Å². The van der Waals surface area contributed by atoms with Gasteiger partial charge in [0.1, 0.15) is 11.8 Å². The van der Waals surface area contributed by atoms with E-state index in [0.717, 1.165) is 13.1 Å². The lowest BCUT2D eigenvalue weighted by atomic mass is 10.2. The van der Waals surface area contributed by atoms with Crippen LogP contribution in [0.3, 0.4) is 0 Å². The van der Waals surface area contributed by atoms with Gasteiger partial charge >= 0.3 is 0 Å². The zero-order valence-electron chi connectivity index (χ0n) is 10.5. The van der Waals surface area contributed by atoms with Crippen LogP contribution in [-0.4, -0.2) is 37.1 Å². The number of hydrogen-bond donors (Lipinski definition) is 1. The third-order valence-electron chi connectivity index (χ3n) is 2.76. The van der Waals surface area contributed by atoms with Crippen LogP contribution in [0, 0.1) is 11.3 Å². The Bertz CT molecular complexity index is 499. The number of ether oxygens (including phenoxy) is 1. The molecular weight excluding hydrogens is 242 g/mol. The number of nitriles is 1. The van der Waals surface area contributed by atoms with Gasteiger partial charge in [-0.05, 0) is 12.1 Å². The number of nitrogens with one attached hydrogen (secondary N) is 1. The first-order chi connectivity index (χ1) is 9.29. The maximum Gasteiger partial charge on any atom is 0.256 e. The fraction of sp³-hybridized carbons (Fsp3) is 0.286. The van der Waals surface area contributed by atoms with Crippen molar-refractivity contribution in [2.75, 3.05) is 26.3 Å². The normalized spacial score (nSPS) is 15.7. The van der Waals surface area contributed by atoms with Crippen molar-refractivity contribution in [3.8, 4) is 6.07 Å². The molecule has 0 saturated carbocycles. The molecule has 5 nitrogen and oxygen atoms in total. The van der Waals surface area contributed by atoms with Gasteiger partial charge in [0.25, 0.3) is 5.91 Å². The monoisotopic (exact) mass is 257 g/mol. The predicted octanol–water partition coefficient (Wildman–Crippen LogP) is 1.11. The molecule has 2 rings (SSSR count). The average Bonchev–Trinajstić information content (AvgIpc) is 2.48. The lowest BCUT2D eigenvalue weighted by Gasteiger charge is -2.25. The fourth-order valence-corrected chi connectivity index (χ4v) is 1.76. The first-order valence-corrected chi connectivity index (χ1v) is 6.10. The standard InChI is InChI=1S/C14H15N3O2/c15-10-13(11-17-6-8-19-9-7-17)16-14(18)12-4-2-1-3-5-12/h1-5,11H,6-9H2,(H,16,18)/b13-11+. The minimum atomic E-state index is -0.276. The summed E-state index contributed by atoms with van der Waals surface area (Å²) in [6, 6.07) is 10.8. The molecule has 98 valence electrons. The third-order valence-corrected chi connectivity index (χ3v) is 2.76. The van der Waals surface area contributed by atoms with Crippen molar-refractivity contribution in [1.29, 1.82) is 5.26 Å². The lowest BCUT2D eigenvalue weighted by molar-refractivity contribution is 0.0589. The Morgan fingerprint density at radius 3 is 2.63 bits per heavy atom. The van der Waals surface area contributed by atoms with Gasteiger partial charge in [0.05, 0.1) is 13.2 Å². The second kappa shape index (κ2) is 6.57. The molecular formula is C14H15N3O2. The molecule has 5 heteroatoms. The van der Waals surface area contributed by atoms with Crippen molar-refractivity contribution in [3.05, 3.63) is 47.8 Å². The molecule has 19 heavy (non-hydrogen) atoms. The molecule has 0 spiro atoms. The van der Waals surface area contributed by atoms with E-state index >= 15 is 0 Å². The second-order valence-corrected chi connectivity index (χ2v) is 4.12. The quantitative estimate of drug-likeness (QED) is 0.824. The molecule has 1 aromatic rings. The maximum absolute atomic E-state index is 11.9. The summed E-state index contributed by atoms with van der Waals surface area (Å²) in [5.41, 5.74) is 0.779. The van der Waals surface area contributed by atoms with Crippen LogP contribution in [0.2, 0.25) is 0 Å². The number of benzene rings is 1. The van der Waals surface area contributed by atoms with Crippen molar-refractivity contribution in [1.82, 2.24) is 10.2 Å². The molecule has 1 amide bonds. The minimum absolute atomic E-state index is 0.246. The van der Waals surface area contributed by atoms with Gasteiger partial charge in [-0.1, -0.05) is 18.2 Å². The number of carbonyl (C=O) groups excluding carboxylic acids is 1. The van der Waals surface area contributed by atoms with Gasteiger partial charge in [-0.25, -0.2) is 0 Å². The molecule has 1 heterocycles. The molecule has 0 radical (unpaired) electrons. The van der Waals surface area contributed by atoms with Gasteiger partial charge in [-0.2, -0.15) is 5.26 Å². The summed E-state index contributed by atoms with van der Waals surface area (Å²) in [7, 11) is 0. The van der Waals surface area contributed by atoms with E-state index in [4.69, 9.17) is 10.00 Å². The van der Waals surface area contributed by atoms with Gasteiger partial charge in [-0.3, -0.25) is 4.79 Å². The van der Waals surface area contributed by atoms with Crippen molar-refractivity contribution < 1.29 is 9.53 Å². The van der Waals surface area contributed by atoms with Crippen LogP contribution in [0.15, 0.2) is 42.2 Å². The first-order valence-electron chi connectivity index (χ1n) is 6.10. The fourth-order valence-electron chi connectivity index (χ4n) is 1.76. The summed E-state index contributed by atoms with van der Waals surface area (Å²) in [4.78, 5) is 13.9. The first kappa shape index (κ1) is 13.1. The molecule has 0 aromatic heterocycles. The number of nitrogens with zero attached hydrogens (tertiary/aromatic N) is 2. The summed E-state index contributed by atoms with van der Waals surface area (Å²) < 4.78 is 5.22. The Morgan fingerprint density at radius 2 is 2.00 bits per heavy atom. The zero-order chi connectivity index (χ0) is 13.5. The Hall–Kier alpha value is -2.32. The van der Waals surface area contributed by atoms with E-state index < -0.39 is 0 Å². The van der Waals surface area contributed by atoms with Gasteiger partial charge in [0.15, 0.2) is 0 Å². The van der Waals surface area contributed by atoms with Crippen LogP contribution in [0.1, 0.15) is 10.4 Å². The summed E-state index contributed by atoms with van der Waals surface area (Å²) in [5, 5.41) is 11.7. The van der Waals surface area contributed by atoms with Crippen molar-refractivity contribution in [2.45, 2.75) is 0 Å². The van der Waals surface area contributed by atoms with E-state index in [1.165, 1.54) is 0 Å². The van der Waals surface area contributed by atoms with Crippen molar-refractivity contribution in [3.63, 3.8) is 0 Å². The van der Waals surface area contributed by atoms with E-state index in [9.17, 15) is 4.79 Å². The lowest BCUT2D eigenvalue weighted by Crippen LogP contribution is -2.34.